The summed E-state index contributed by atoms with van der Waals surface area (Å²) >= 11 is 1.47. The Bertz CT molecular complexity index is 478. The van der Waals surface area contributed by atoms with Gasteiger partial charge in [-0.2, -0.15) is 0 Å². The first-order valence-electron chi connectivity index (χ1n) is 6.34. The van der Waals surface area contributed by atoms with Crippen molar-refractivity contribution in [2.75, 3.05) is 13.6 Å². The average molecular weight is 288 g/mol. The fraction of sp³-hybridized carbons (Fsp3) is 0.667. The monoisotopic (exact) mass is 288 g/mol. The second-order valence-corrected chi connectivity index (χ2v) is 7.46. The number of rotatable bonds is 8. The van der Waals surface area contributed by atoms with E-state index in [4.69, 9.17) is 0 Å². The molecule has 18 heavy (non-hydrogen) atoms. The van der Waals surface area contributed by atoms with Gasteiger partial charge in [0.2, 0.25) is 10.0 Å². The van der Waals surface area contributed by atoms with E-state index in [0.717, 1.165) is 23.6 Å². The number of hydrogen-bond donors (Lipinski definition) is 2. The van der Waals surface area contributed by atoms with Crippen molar-refractivity contribution in [3.05, 3.63) is 16.3 Å². The third-order valence-electron chi connectivity index (χ3n) is 3.11. The lowest BCUT2D eigenvalue weighted by Gasteiger charge is -2.07. The molecule has 0 radical (unpaired) electrons. The van der Waals surface area contributed by atoms with E-state index in [1.165, 1.54) is 24.2 Å². The third-order valence-corrected chi connectivity index (χ3v) is 5.71. The summed E-state index contributed by atoms with van der Waals surface area (Å²) < 4.78 is 26.9. The second kappa shape index (κ2) is 6.14. The Morgan fingerprint density at radius 3 is 2.89 bits per heavy atom. The van der Waals surface area contributed by atoms with E-state index in [-0.39, 0.29) is 0 Å². The first-order valence-corrected chi connectivity index (χ1v) is 8.70. The van der Waals surface area contributed by atoms with Gasteiger partial charge in [-0.05, 0) is 37.3 Å². The minimum Gasteiger partial charge on any atom is -0.315 e. The predicted molar refractivity (Wildman–Crippen MR) is 74.2 cm³/mol. The van der Waals surface area contributed by atoms with E-state index in [1.807, 2.05) is 12.4 Å². The summed E-state index contributed by atoms with van der Waals surface area (Å²) in [5.74, 6) is 0.857. The number of sulfonamides is 1. The van der Waals surface area contributed by atoms with Gasteiger partial charge in [-0.3, -0.25) is 0 Å². The molecule has 1 heterocycles. The van der Waals surface area contributed by atoms with E-state index in [0.29, 0.717) is 18.0 Å². The van der Waals surface area contributed by atoms with Crippen LogP contribution in [0.3, 0.4) is 0 Å². The summed E-state index contributed by atoms with van der Waals surface area (Å²) in [5.41, 5.74) is 0. The largest absolute Gasteiger partial charge is 0.315 e. The Balaban J connectivity index is 1.89. The topological polar surface area (TPSA) is 58.2 Å². The van der Waals surface area contributed by atoms with E-state index < -0.39 is 10.0 Å². The van der Waals surface area contributed by atoms with Crippen molar-refractivity contribution in [2.45, 2.75) is 37.1 Å². The molecule has 1 aromatic heterocycles. The number of hydrogen-bond acceptors (Lipinski definition) is 4. The molecule has 2 rings (SSSR count). The van der Waals surface area contributed by atoms with Gasteiger partial charge in [0.25, 0.3) is 0 Å². The molecule has 1 aliphatic rings. The molecule has 102 valence electrons. The molecule has 1 aliphatic carbocycles. The van der Waals surface area contributed by atoms with Crippen LogP contribution in [0, 0.1) is 5.92 Å². The van der Waals surface area contributed by atoms with E-state index in [1.54, 1.807) is 6.07 Å². The molecule has 1 aromatic rings. The standard InChI is InChI=1S/C12H20N2O2S2/c1-13-9-11-12(6-8-17-11)18(15,16)14-7-2-3-10-4-5-10/h6,8,10,13-14H,2-5,7,9H2,1H3. The van der Waals surface area contributed by atoms with Crippen molar-refractivity contribution in [1.29, 1.82) is 0 Å². The zero-order valence-electron chi connectivity index (χ0n) is 10.6. The summed E-state index contributed by atoms with van der Waals surface area (Å²) in [6.07, 6.45) is 4.73. The van der Waals surface area contributed by atoms with Crippen LogP contribution in [0.1, 0.15) is 30.6 Å². The average Bonchev–Trinajstić information content (AvgIpc) is 3.03. The van der Waals surface area contributed by atoms with Crippen LogP contribution < -0.4 is 10.0 Å². The first-order chi connectivity index (χ1) is 8.63. The molecular weight excluding hydrogens is 268 g/mol. The molecule has 4 nitrogen and oxygen atoms in total. The fourth-order valence-corrected chi connectivity index (χ4v) is 4.47. The molecule has 6 heteroatoms. The Morgan fingerprint density at radius 1 is 1.44 bits per heavy atom. The number of nitrogens with one attached hydrogen (secondary N) is 2. The third kappa shape index (κ3) is 3.78. The molecule has 1 fully saturated rings. The minimum absolute atomic E-state index is 0.424. The highest BCUT2D eigenvalue weighted by Crippen LogP contribution is 2.33. The molecule has 0 aliphatic heterocycles. The van der Waals surface area contributed by atoms with Crippen molar-refractivity contribution >= 4 is 21.4 Å². The lowest BCUT2D eigenvalue weighted by Crippen LogP contribution is -2.25. The molecule has 2 N–H and O–H groups in total. The van der Waals surface area contributed by atoms with Crippen LogP contribution >= 0.6 is 11.3 Å². The Hall–Kier alpha value is -0.430. The molecule has 0 atom stereocenters. The molecular formula is C12H20N2O2S2. The summed E-state index contributed by atoms with van der Waals surface area (Å²) in [6, 6.07) is 1.68. The van der Waals surface area contributed by atoms with Gasteiger partial charge in [0.15, 0.2) is 0 Å². The smallest absolute Gasteiger partial charge is 0.241 e. The molecule has 0 spiro atoms. The summed E-state index contributed by atoms with van der Waals surface area (Å²) in [4.78, 5) is 1.29. The lowest BCUT2D eigenvalue weighted by atomic mass is 10.2. The van der Waals surface area contributed by atoms with Gasteiger partial charge < -0.3 is 5.32 Å². The summed E-state index contributed by atoms with van der Waals surface area (Å²) in [6.45, 7) is 1.14. The van der Waals surface area contributed by atoms with Crippen LogP contribution in [-0.4, -0.2) is 22.0 Å². The van der Waals surface area contributed by atoms with Crippen molar-refractivity contribution in [3.63, 3.8) is 0 Å². The van der Waals surface area contributed by atoms with Gasteiger partial charge in [-0.15, -0.1) is 11.3 Å². The van der Waals surface area contributed by atoms with Gasteiger partial charge in [-0.1, -0.05) is 12.8 Å². The highest BCUT2D eigenvalue weighted by Gasteiger charge is 2.22. The normalized spacial score (nSPS) is 16.1. The first kappa shape index (κ1) is 14.0. The van der Waals surface area contributed by atoms with E-state index in [2.05, 4.69) is 10.0 Å². The molecule has 0 amide bonds. The lowest BCUT2D eigenvalue weighted by molar-refractivity contribution is 0.571. The van der Waals surface area contributed by atoms with Crippen LogP contribution in [0.4, 0.5) is 0 Å². The Morgan fingerprint density at radius 2 is 2.22 bits per heavy atom. The summed E-state index contributed by atoms with van der Waals surface area (Å²) in [5, 5.41) is 4.82. The van der Waals surface area contributed by atoms with Crippen molar-refractivity contribution in [2.24, 2.45) is 5.92 Å². The Kier molecular flexibility index (Phi) is 4.77. The van der Waals surface area contributed by atoms with E-state index >= 15 is 0 Å². The quantitative estimate of drug-likeness (QED) is 0.719. The van der Waals surface area contributed by atoms with Crippen LogP contribution in [0.15, 0.2) is 16.3 Å². The van der Waals surface area contributed by atoms with Crippen molar-refractivity contribution in [3.8, 4) is 0 Å². The van der Waals surface area contributed by atoms with E-state index in [9.17, 15) is 8.42 Å². The number of thiophene rings is 1. The highest BCUT2D eigenvalue weighted by atomic mass is 32.2. The van der Waals surface area contributed by atoms with Crippen LogP contribution in [0.2, 0.25) is 0 Å². The molecule has 0 unspecified atom stereocenters. The van der Waals surface area contributed by atoms with Crippen LogP contribution in [0.25, 0.3) is 0 Å². The SMILES string of the molecule is CNCc1sccc1S(=O)(=O)NCCCC1CC1. The van der Waals surface area contributed by atoms with Gasteiger partial charge in [0.05, 0.1) is 4.90 Å². The second-order valence-electron chi connectivity index (χ2n) is 4.72. The van der Waals surface area contributed by atoms with Crippen molar-refractivity contribution < 1.29 is 8.42 Å². The molecule has 0 aromatic carbocycles. The maximum Gasteiger partial charge on any atom is 0.241 e. The van der Waals surface area contributed by atoms with Crippen molar-refractivity contribution in [1.82, 2.24) is 10.0 Å². The van der Waals surface area contributed by atoms with Gasteiger partial charge in [0.1, 0.15) is 0 Å². The van der Waals surface area contributed by atoms with Gasteiger partial charge in [-0.25, -0.2) is 13.1 Å². The van der Waals surface area contributed by atoms with Gasteiger partial charge in [0, 0.05) is 18.0 Å². The molecule has 0 bridgehead atoms. The predicted octanol–water partition coefficient (Wildman–Crippen LogP) is 1.94. The van der Waals surface area contributed by atoms with Gasteiger partial charge >= 0.3 is 0 Å². The molecule has 0 saturated heterocycles. The minimum atomic E-state index is -3.33. The zero-order chi connectivity index (χ0) is 13.0. The Labute approximate surface area is 113 Å². The summed E-state index contributed by atoms with van der Waals surface area (Å²) in [7, 11) is -1.51. The zero-order valence-corrected chi connectivity index (χ0v) is 12.2. The van der Waals surface area contributed by atoms with Crippen LogP contribution in [-0.2, 0) is 16.6 Å². The maximum absolute atomic E-state index is 12.1. The fourth-order valence-electron chi connectivity index (χ4n) is 1.94. The molecule has 1 saturated carbocycles. The highest BCUT2D eigenvalue weighted by molar-refractivity contribution is 7.89. The van der Waals surface area contributed by atoms with Crippen LogP contribution in [0.5, 0.6) is 0 Å². The maximum atomic E-state index is 12.1.